The molecule has 1 aliphatic rings. The SMILES string of the molecule is O=[N+]([O-])c1cc(Cl)c(F)cc1NC1CCC(O)CC1. The first kappa shape index (κ1) is 14.0. The van der Waals surface area contributed by atoms with Crippen LogP contribution in [0.15, 0.2) is 12.1 Å². The van der Waals surface area contributed by atoms with Crippen LogP contribution in [0.25, 0.3) is 0 Å². The Kier molecular flexibility index (Phi) is 4.21. The molecule has 0 atom stereocenters. The molecule has 0 amide bonds. The number of halogens is 2. The van der Waals surface area contributed by atoms with Gasteiger partial charge in [0.15, 0.2) is 0 Å². The summed E-state index contributed by atoms with van der Waals surface area (Å²) in [6, 6.07) is 2.06. The molecule has 1 aromatic rings. The number of nitrogens with zero attached hydrogens (tertiary/aromatic N) is 1. The molecule has 0 spiro atoms. The lowest BCUT2D eigenvalue weighted by Crippen LogP contribution is -2.28. The van der Waals surface area contributed by atoms with E-state index in [-0.39, 0.29) is 28.5 Å². The molecule has 0 radical (unpaired) electrons. The fraction of sp³-hybridized carbons (Fsp3) is 0.500. The molecule has 0 saturated heterocycles. The maximum atomic E-state index is 13.4. The number of benzene rings is 1. The Morgan fingerprint density at radius 3 is 2.58 bits per heavy atom. The third-order valence-electron chi connectivity index (χ3n) is 3.29. The molecule has 7 heteroatoms. The minimum atomic E-state index is -0.689. The lowest BCUT2D eigenvalue weighted by Gasteiger charge is -2.26. The van der Waals surface area contributed by atoms with Gasteiger partial charge in [-0.15, -0.1) is 0 Å². The minimum Gasteiger partial charge on any atom is -0.393 e. The molecular formula is C12H14ClFN2O3. The Bertz CT molecular complexity index is 490. The van der Waals surface area contributed by atoms with Crippen molar-refractivity contribution in [1.82, 2.24) is 0 Å². The molecule has 0 heterocycles. The third kappa shape index (κ3) is 3.33. The van der Waals surface area contributed by atoms with E-state index in [1.807, 2.05) is 0 Å². The summed E-state index contributed by atoms with van der Waals surface area (Å²) < 4.78 is 13.4. The van der Waals surface area contributed by atoms with Gasteiger partial charge in [0.2, 0.25) is 0 Å². The summed E-state index contributed by atoms with van der Waals surface area (Å²) in [5.74, 6) is -0.689. The molecule has 19 heavy (non-hydrogen) atoms. The average molecular weight is 289 g/mol. The monoisotopic (exact) mass is 288 g/mol. The molecule has 0 aromatic heterocycles. The van der Waals surface area contributed by atoms with Gasteiger partial charge in [0.25, 0.3) is 5.69 Å². The van der Waals surface area contributed by atoms with Gasteiger partial charge in [-0.1, -0.05) is 11.6 Å². The summed E-state index contributed by atoms with van der Waals surface area (Å²) in [4.78, 5) is 10.3. The van der Waals surface area contributed by atoms with Gasteiger partial charge in [-0.3, -0.25) is 10.1 Å². The van der Waals surface area contributed by atoms with Crippen LogP contribution in [-0.4, -0.2) is 22.2 Å². The smallest absolute Gasteiger partial charge is 0.294 e. The molecule has 5 nitrogen and oxygen atoms in total. The highest BCUT2D eigenvalue weighted by molar-refractivity contribution is 6.31. The van der Waals surface area contributed by atoms with Gasteiger partial charge < -0.3 is 10.4 Å². The van der Waals surface area contributed by atoms with E-state index in [4.69, 9.17) is 11.6 Å². The van der Waals surface area contributed by atoms with E-state index in [1.54, 1.807) is 0 Å². The van der Waals surface area contributed by atoms with Crippen LogP contribution in [0.3, 0.4) is 0 Å². The largest absolute Gasteiger partial charge is 0.393 e. The van der Waals surface area contributed by atoms with E-state index in [9.17, 15) is 19.6 Å². The number of aliphatic hydroxyl groups excluding tert-OH is 1. The first-order valence-corrected chi connectivity index (χ1v) is 6.43. The van der Waals surface area contributed by atoms with Crippen LogP contribution >= 0.6 is 11.6 Å². The van der Waals surface area contributed by atoms with Gasteiger partial charge in [-0.2, -0.15) is 0 Å². The van der Waals surface area contributed by atoms with Gasteiger partial charge >= 0.3 is 0 Å². The summed E-state index contributed by atoms with van der Waals surface area (Å²) >= 11 is 5.55. The molecule has 0 unspecified atom stereocenters. The van der Waals surface area contributed by atoms with E-state index in [1.165, 1.54) is 0 Å². The zero-order chi connectivity index (χ0) is 14.0. The number of anilines is 1. The van der Waals surface area contributed by atoms with Crippen LogP contribution in [0.1, 0.15) is 25.7 Å². The maximum Gasteiger partial charge on any atom is 0.294 e. The molecule has 1 aromatic carbocycles. The fourth-order valence-electron chi connectivity index (χ4n) is 2.24. The van der Waals surface area contributed by atoms with Gasteiger partial charge in [-0.05, 0) is 25.7 Å². The quantitative estimate of drug-likeness (QED) is 0.662. The van der Waals surface area contributed by atoms with Gasteiger partial charge in [0, 0.05) is 18.2 Å². The Morgan fingerprint density at radius 1 is 1.37 bits per heavy atom. The van der Waals surface area contributed by atoms with Crippen molar-refractivity contribution < 1.29 is 14.4 Å². The number of aliphatic hydroxyl groups is 1. The van der Waals surface area contributed by atoms with Crippen LogP contribution in [0.2, 0.25) is 5.02 Å². The van der Waals surface area contributed by atoms with E-state index in [0.717, 1.165) is 12.1 Å². The number of rotatable bonds is 3. The molecule has 0 bridgehead atoms. The summed E-state index contributed by atoms with van der Waals surface area (Å²) in [5, 5.41) is 23.0. The maximum absolute atomic E-state index is 13.4. The molecular weight excluding hydrogens is 275 g/mol. The predicted molar refractivity (Wildman–Crippen MR) is 69.9 cm³/mol. The van der Waals surface area contributed by atoms with Crippen LogP contribution in [0.4, 0.5) is 15.8 Å². The highest BCUT2D eigenvalue weighted by atomic mass is 35.5. The summed E-state index contributed by atoms with van der Waals surface area (Å²) in [5.41, 5.74) is -0.106. The summed E-state index contributed by atoms with van der Waals surface area (Å²) in [6.45, 7) is 0. The van der Waals surface area contributed by atoms with Gasteiger partial charge in [-0.25, -0.2) is 4.39 Å². The van der Waals surface area contributed by atoms with Crippen LogP contribution in [0, 0.1) is 15.9 Å². The van der Waals surface area contributed by atoms with Crippen LogP contribution < -0.4 is 5.32 Å². The second-order valence-electron chi connectivity index (χ2n) is 4.69. The Labute approximate surface area is 114 Å². The second kappa shape index (κ2) is 5.71. The standard InChI is InChI=1S/C12H14ClFN2O3/c13-9-5-12(16(18)19)11(6-10(9)14)15-7-1-3-8(17)4-2-7/h5-8,15,17H,1-4H2. The summed E-state index contributed by atoms with van der Waals surface area (Å²) in [6.07, 6.45) is 2.36. The zero-order valence-corrected chi connectivity index (χ0v) is 10.9. The number of hydrogen-bond donors (Lipinski definition) is 2. The first-order chi connectivity index (χ1) is 8.97. The Hall–Kier alpha value is -1.40. The van der Waals surface area contributed by atoms with E-state index in [2.05, 4.69) is 5.32 Å². The Balaban J connectivity index is 2.19. The third-order valence-corrected chi connectivity index (χ3v) is 3.58. The van der Waals surface area contributed by atoms with Gasteiger partial charge in [0.05, 0.1) is 16.0 Å². The van der Waals surface area contributed by atoms with Gasteiger partial charge in [0.1, 0.15) is 11.5 Å². The van der Waals surface area contributed by atoms with Crippen molar-refractivity contribution in [2.45, 2.75) is 37.8 Å². The molecule has 1 aliphatic carbocycles. The number of nitro groups is 1. The van der Waals surface area contributed by atoms with Crippen molar-refractivity contribution in [2.75, 3.05) is 5.32 Å². The lowest BCUT2D eigenvalue weighted by atomic mass is 9.93. The zero-order valence-electron chi connectivity index (χ0n) is 10.1. The average Bonchev–Trinajstić information content (AvgIpc) is 2.36. The molecule has 1 saturated carbocycles. The van der Waals surface area contributed by atoms with Crippen LogP contribution in [-0.2, 0) is 0 Å². The fourth-order valence-corrected chi connectivity index (χ4v) is 2.40. The van der Waals surface area contributed by atoms with E-state index < -0.39 is 10.7 Å². The molecule has 104 valence electrons. The van der Waals surface area contributed by atoms with Crippen molar-refractivity contribution in [3.8, 4) is 0 Å². The van der Waals surface area contributed by atoms with Crippen molar-refractivity contribution in [1.29, 1.82) is 0 Å². The topological polar surface area (TPSA) is 75.4 Å². The van der Waals surface area contributed by atoms with E-state index >= 15 is 0 Å². The summed E-state index contributed by atoms with van der Waals surface area (Å²) in [7, 11) is 0. The lowest BCUT2D eigenvalue weighted by molar-refractivity contribution is -0.384. The van der Waals surface area contributed by atoms with Crippen LogP contribution in [0.5, 0.6) is 0 Å². The van der Waals surface area contributed by atoms with E-state index in [0.29, 0.717) is 25.7 Å². The molecule has 2 N–H and O–H groups in total. The number of hydrogen-bond acceptors (Lipinski definition) is 4. The van der Waals surface area contributed by atoms with Crippen molar-refractivity contribution in [2.24, 2.45) is 0 Å². The van der Waals surface area contributed by atoms with Crippen molar-refractivity contribution in [3.63, 3.8) is 0 Å². The predicted octanol–water partition coefficient (Wildman–Crippen LogP) is 3.10. The molecule has 1 fully saturated rings. The highest BCUT2D eigenvalue weighted by Gasteiger charge is 2.23. The molecule has 0 aliphatic heterocycles. The first-order valence-electron chi connectivity index (χ1n) is 6.05. The Morgan fingerprint density at radius 2 is 2.00 bits per heavy atom. The van der Waals surface area contributed by atoms with Crippen molar-refractivity contribution in [3.05, 3.63) is 33.1 Å². The number of nitro benzene ring substituents is 1. The minimum absolute atomic E-state index is 0.00248. The second-order valence-corrected chi connectivity index (χ2v) is 5.10. The normalized spacial score (nSPS) is 23.1. The highest BCUT2D eigenvalue weighted by Crippen LogP contribution is 2.32. The number of nitrogens with one attached hydrogen (secondary N) is 1. The van der Waals surface area contributed by atoms with Crippen molar-refractivity contribution >= 4 is 23.0 Å². The molecule has 2 rings (SSSR count).